The third-order valence-corrected chi connectivity index (χ3v) is 5.89. The van der Waals surface area contributed by atoms with Crippen LogP contribution in [0.2, 0.25) is 0 Å². The number of likely N-dealkylation sites (tertiary alicyclic amines) is 2. The van der Waals surface area contributed by atoms with Crippen molar-refractivity contribution in [2.75, 3.05) is 26.2 Å². The van der Waals surface area contributed by atoms with E-state index in [1.165, 1.54) is 12.8 Å². The standard InChI is InChI=1S/C17H29F3N4.HI/c1-12-3-2-6-24(11-12)16(21)22-14-9-15(10-14)23-7-4-13(5-8-23)17(18,19)20;/h12-15H,2-11H2,1H3,(H2,21,22);1H. The Bertz CT molecular complexity index is 457. The molecule has 2 heterocycles. The second-order valence-electron chi connectivity index (χ2n) is 7.81. The minimum atomic E-state index is -4.03. The van der Waals surface area contributed by atoms with Gasteiger partial charge < -0.3 is 15.5 Å². The molecule has 0 aromatic rings. The summed E-state index contributed by atoms with van der Waals surface area (Å²) in [5.41, 5.74) is 6.15. The van der Waals surface area contributed by atoms with Gasteiger partial charge in [-0.25, -0.2) is 4.99 Å². The highest BCUT2D eigenvalue weighted by atomic mass is 127. The molecule has 2 aliphatic heterocycles. The van der Waals surface area contributed by atoms with E-state index in [0.717, 1.165) is 25.9 Å². The van der Waals surface area contributed by atoms with Crippen LogP contribution in [0.25, 0.3) is 0 Å². The highest BCUT2D eigenvalue weighted by molar-refractivity contribution is 14.0. The summed E-state index contributed by atoms with van der Waals surface area (Å²) in [5, 5.41) is 0. The summed E-state index contributed by atoms with van der Waals surface area (Å²) >= 11 is 0. The van der Waals surface area contributed by atoms with Crippen molar-refractivity contribution >= 4 is 29.9 Å². The summed E-state index contributed by atoms with van der Waals surface area (Å²) in [5.74, 6) is 0.205. The van der Waals surface area contributed by atoms with Crippen molar-refractivity contribution in [1.82, 2.24) is 9.80 Å². The van der Waals surface area contributed by atoms with Crippen LogP contribution in [0.1, 0.15) is 45.4 Å². The van der Waals surface area contributed by atoms with Crippen LogP contribution in [0.3, 0.4) is 0 Å². The topological polar surface area (TPSA) is 44.9 Å². The fourth-order valence-electron chi connectivity index (χ4n) is 4.22. The van der Waals surface area contributed by atoms with E-state index in [1.54, 1.807) is 0 Å². The molecule has 0 spiro atoms. The minimum Gasteiger partial charge on any atom is -0.370 e. The first-order valence-corrected chi connectivity index (χ1v) is 9.22. The Hall–Kier alpha value is -0.250. The fourth-order valence-corrected chi connectivity index (χ4v) is 4.22. The molecule has 3 aliphatic rings. The van der Waals surface area contributed by atoms with E-state index >= 15 is 0 Å². The Morgan fingerprint density at radius 3 is 2.28 bits per heavy atom. The first kappa shape index (κ1) is 21.1. The van der Waals surface area contributed by atoms with Crippen molar-refractivity contribution in [3.8, 4) is 0 Å². The zero-order valence-corrected chi connectivity index (χ0v) is 17.2. The lowest BCUT2D eigenvalue weighted by Gasteiger charge is -2.45. The molecular weight excluding hydrogens is 444 g/mol. The molecule has 8 heteroatoms. The molecule has 1 atom stereocenters. The lowest BCUT2D eigenvalue weighted by atomic mass is 9.83. The Morgan fingerprint density at radius 1 is 1.08 bits per heavy atom. The van der Waals surface area contributed by atoms with Gasteiger partial charge in [0.2, 0.25) is 0 Å². The maximum atomic E-state index is 12.7. The van der Waals surface area contributed by atoms with Crippen LogP contribution in [0.4, 0.5) is 13.2 Å². The van der Waals surface area contributed by atoms with Crippen molar-refractivity contribution in [3.63, 3.8) is 0 Å². The molecule has 0 aromatic heterocycles. The fraction of sp³-hybridized carbons (Fsp3) is 0.941. The summed E-state index contributed by atoms with van der Waals surface area (Å²) in [7, 11) is 0. The average Bonchev–Trinajstić information content (AvgIpc) is 2.49. The molecule has 0 aromatic carbocycles. The maximum Gasteiger partial charge on any atom is 0.391 e. The molecule has 25 heavy (non-hydrogen) atoms. The molecule has 0 radical (unpaired) electrons. The number of alkyl halides is 3. The number of aliphatic imine (C=N–C) groups is 1. The summed E-state index contributed by atoms with van der Waals surface area (Å²) < 4.78 is 38.2. The Morgan fingerprint density at radius 2 is 1.72 bits per heavy atom. The van der Waals surface area contributed by atoms with Crippen molar-refractivity contribution < 1.29 is 13.2 Å². The third-order valence-electron chi connectivity index (χ3n) is 5.89. The molecule has 3 fully saturated rings. The first-order valence-electron chi connectivity index (χ1n) is 9.22. The predicted molar refractivity (Wildman–Crippen MR) is 104 cm³/mol. The van der Waals surface area contributed by atoms with E-state index < -0.39 is 12.1 Å². The molecule has 0 bridgehead atoms. The van der Waals surface area contributed by atoms with E-state index in [0.29, 0.717) is 31.0 Å². The summed E-state index contributed by atoms with van der Waals surface area (Å²) in [6.45, 7) is 5.33. The average molecular weight is 474 g/mol. The third kappa shape index (κ3) is 5.37. The Kier molecular flexibility index (Phi) is 7.26. The van der Waals surface area contributed by atoms with E-state index in [1.807, 2.05) is 0 Å². The van der Waals surface area contributed by atoms with Crippen molar-refractivity contribution in [2.45, 2.75) is 63.7 Å². The highest BCUT2D eigenvalue weighted by Gasteiger charge is 2.43. The van der Waals surface area contributed by atoms with Crippen LogP contribution < -0.4 is 5.73 Å². The molecule has 1 unspecified atom stereocenters. The zero-order chi connectivity index (χ0) is 17.3. The second kappa shape index (κ2) is 8.63. The van der Waals surface area contributed by atoms with E-state index in [4.69, 9.17) is 5.73 Å². The number of hydrogen-bond acceptors (Lipinski definition) is 2. The van der Waals surface area contributed by atoms with Gasteiger partial charge in [0.25, 0.3) is 0 Å². The van der Waals surface area contributed by atoms with Crippen LogP contribution in [0.15, 0.2) is 4.99 Å². The van der Waals surface area contributed by atoms with Crippen molar-refractivity contribution in [2.24, 2.45) is 22.6 Å². The lowest BCUT2D eigenvalue weighted by Crippen LogP contribution is -2.52. The zero-order valence-electron chi connectivity index (χ0n) is 14.8. The number of nitrogens with two attached hydrogens (primary N) is 1. The first-order chi connectivity index (χ1) is 11.3. The molecule has 2 N–H and O–H groups in total. The normalized spacial score (nSPS) is 32.9. The highest BCUT2D eigenvalue weighted by Crippen LogP contribution is 2.37. The van der Waals surface area contributed by atoms with Gasteiger partial charge in [-0.15, -0.1) is 24.0 Å². The van der Waals surface area contributed by atoms with Crippen LogP contribution in [-0.4, -0.2) is 60.2 Å². The molecule has 1 saturated carbocycles. The van der Waals surface area contributed by atoms with Gasteiger partial charge in [-0.2, -0.15) is 13.2 Å². The SMILES string of the molecule is CC1CCCN(C(N)=NC2CC(N3CCC(C(F)(F)F)CC3)C2)C1.I. The van der Waals surface area contributed by atoms with Crippen LogP contribution in [0, 0.1) is 11.8 Å². The van der Waals surface area contributed by atoms with Gasteiger partial charge in [0.05, 0.1) is 12.0 Å². The van der Waals surface area contributed by atoms with Gasteiger partial charge in [0, 0.05) is 19.1 Å². The van der Waals surface area contributed by atoms with E-state index in [-0.39, 0.29) is 42.9 Å². The molecule has 4 nitrogen and oxygen atoms in total. The molecule has 0 amide bonds. The van der Waals surface area contributed by atoms with E-state index in [2.05, 4.69) is 21.7 Å². The number of guanidine groups is 1. The lowest BCUT2D eigenvalue weighted by molar-refractivity contribution is -0.187. The van der Waals surface area contributed by atoms with Gasteiger partial charge in [0.1, 0.15) is 0 Å². The summed E-state index contributed by atoms with van der Waals surface area (Å²) in [6.07, 6.45) is 0.728. The number of piperidine rings is 2. The number of hydrogen-bond donors (Lipinski definition) is 1. The number of nitrogens with zero attached hydrogens (tertiary/aromatic N) is 3. The molecule has 1 aliphatic carbocycles. The summed E-state index contributed by atoms with van der Waals surface area (Å²) in [6, 6.07) is 0.633. The largest absolute Gasteiger partial charge is 0.391 e. The van der Waals surface area contributed by atoms with Gasteiger partial charge in [-0.05, 0) is 57.5 Å². The quantitative estimate of drug-likeness (QED) is 0.379. The Labute approximate surface area is 165 Å². The van der Waals surface area contributed by atoms with Gasteiger partial charge in [-0.3, -0.25) is 0 Å². The maximum absolute atomic E-state index is 12.7. The minimum absolute atomic E-state index is 0. The Balaban J connectivity index is 0.00000225. The molecular formula is C17H30F3IN4. The van der Waals surface area contributed by atoms with Crippen LogP contribution >= 0.6 is 24.0 Å². The smallest absolute Gasteiger partial charge is 0.370 e. The molecule has 2 saturated heterocycles. The van der Waals surface area contributed by atoms with Crippen LogP contribution in [0.5, 0.6) is 0 Å². The summed E-state index contributed by atoms with van der Waals surface area (Å²) in [4.78, 5) is 9.05. The molecule has 3 rings (SSSR count). The van der Waals surface area contributed by atoms with Crippen molar-refractivity contribution in [1.29, 1.82) is 0 Å². The predicted octanol–water partition coefficient (Wildman–Crippen LogP) is 3.46. The van der Waals surface area contributed by atoms with Gasteiger partial charge >= 0.3 is 6.18 Å². The van der Waals surface area contributed by atoms with Crippen molar-refractivity contribution in [3.05, 3.63) is 0 Å². The van der Waals surface area contributed by atoms with E-state index in [9.17, 15) is 13.2 Å². The van der Waals surface area contributed by atoms with Gasteiger partial charge in [0.15, 0.2) is 5.96 Å². The number of halogens is 4. The number of rotatable bonds is 2. The molecule has 146 valence electrons. The van der Waals surface area contributed by atoms with Crippen LogP contribution in [-0.2, 0) is 0 Å². The van der Waals surface area contributed by atoms with Gasteiger partial charge in [-0.1, -0.05) is 6.92 Å². The monoisotopic (exact) mass is 474 g/mol. The second-order valence-corrected chi connectivity index (χ2v) is 7.81.